The Kier molecular flexibility index (Phi) is 5.03. The van der Waals surface area contributed by atoms with E-state index in [2.05, 4.69) is 34.3 Å². The van der Waals surface area contributed by atoms with Gasteiger partial charge in [-0.15, -0.1) is 11.3 Å². The normalized spacial score (nSPS) is 11.2. The Balaban J connectivity index is 1.53. The van der Waals surface area contributed by atoms with Crippen LogP contribution in [-0.2, 0) is 0 Å². The van der Waals surface area contributed by atoms with Crippen LogP contribution in [0.5, 0.6) is 0 Å². The Labute approximate surface area is 172 Å². The monoisotopic (exact) mass is 403 g/mol. The zero-order valence-electron chi connectivity index (χ0n) is 16.4. The van der Waals surface area contributed by atoms with E-state index in [1.54, 1.807) is 23.5 Å². The Morgan fingerprint density at radius 1 is 1.07 bits per heavy atom. The predicted molar refractivity (Wildman–Crippen MR) is 119 cm³/mol. The van der Waals surface area contributed by atoms with Gasteiger partial charge in [-0.25, -0.2) is 4.98 Å². The maximum atomic E-state index is 12.5. The first kappa shape index (κ1) is 19.1. The molecule has 0 fully saturated rings. The average Bonchev–Trinajstić information content (AvgIpc) is 3.11. The molecule has 0 aliphatic heterocycles. The third kappa shape index (κ3) is 3.98. The molecular formula is C23H21N3O2S. The van der Waals surface area contributed by atoms with Gasteiger partial charge in [-0.2, -0.15) is 0 Å². The molecule has 2 heterocycles. The molecule has 29 heavy (non-hydrogen) atoms. The number of nitrogens with zero attached hydrogens (tertiary/aromatic N) is 1. The predicted octanol–water partition coefficient (Wildman–Crippen LogP) is 5.34. The number of aromatic nitrogens is 2. The fraction of sp³-hybridized carbons (Fsp3) is 0.174. The van der Waals surface area contributed by atoms with Crippen LogP contribution in [0.15, 0.2) is 59.4 Å². The van der Waals surface area contributed by atoms with Crippen molar-refractivity contribution in [3.8, 4) is 10.6 Å². The number of hydrogen-bond donors (Lipinski definition) is 2. The summed E-state index contributed by atoms with van der Waals surface area (Å²) in [7, 11) is 0. The molecule has 0 atom stereocenters. The molecule has 0 unspecified atom stereocenters. The van der Waals surface area contributed by atoms with Crippen molar-refractivity contribution < 1.29 is 4.79 Å². The van der Waals surface area contributed by atoms with E-state index in [9.17, 15) is 9.59 Å². The lowest BCUT2D eigenvalue weighted by atomic mass is 10.1. The molecule has 5 nitrogen and oxygen atoms in total. The standard InChI is InChI=1S/C23H21N3O2S/c1-13(2)18-11-9-17(22(28)25-18)21(27)24-16-7-5-15(6-8-16)23-26-19-10-4-14(3)12-20(19)29-23/h4-13H,1-3H3,(H,24,27)(H,25,28). The summed E-state index contributed by atoms with van der Waals surface area (Å²) in [5, 5.41) is 3.72. The molecule has 0 saturated carbocycles. The summed E-state index contributed by atoms with van der Waals surface area (Å²) in [6, 6.07) is 17.1. The van der Waals surface area contributed by atoms with Crippen LogP contribution >= 0.6 is 11.3 Å². The lowest BCUT2D eigenvalue weighted by Gasteiger charge is -2.08. The highest BCUT2D eigenvalue weighted by atomic mass is 32.1. The van der Waals surface area contributed by atoms with Crippen molar-refractivity contribution in [2.45, 2.75) is 26.7 Å². The van der Waals surface area contributed by atoms with Gasteiger partial charge in [0.1, 0.15) is 10.6 Å². The number of amides is 1. The highest BCUT2D eigenvalue weighted by Gasteiger charge is 2.13. The molecule has 2 aromatic heterocycles. The Bertz CT molecular complexity index is 1250. The first-order valence-corrected chi connectivity index (χ1v) is 10.2. The zero-order chi connectivity index (χ0) is 20.5. The van der Waals surface area contributed by atoms with E-state index in [-0.39, 0.29) is 17.0 Å². The van der Waals surface area contributed by atoms with E-state index in [0.29, 0.717) is 5.69 Å². The summed E-state index contributed by atoms with van der Waals surface area (Å²) in [6.07, 6.45) is 0. The topological polar surface area (TPSA) is 74.8 Å². The average molecular weight is 404 g/mol. The van der Waals surface area contributed by atoms with Crippen molar-refractivity contribution in [3.63, 3.8) is 0 Å². The summed E-state index contributed by atoms with van der Waals surface area (Å²) >= 11 is 1.64. The minimum atomic E-state index is -0.426. The number of benzene rings is 2. The molecule has 2 aromatic carbocycles. The number of carbonyl (C=O) groups excluding carboxylic acids is 1. The number of rotatable bonds is 4. The SMILES string of the molecule is Cc1ccc2nc(-c3ccc(NC(=O)c4ccc(C(C)C)[nH]c4=O)cc3)sc2c1. The van der Waals surface area contributed by atoms with Crippen molar-refractivity contribution in [1.29, 1.82) is 0 Å². The fourth-order valence-corrected chi connectivity index (χ4v) is 4.12. The van der Waals surface area contributed by atoms with Crippen LogP contribution in [0, 0.1) is 6.92 Å². The minimum Gasteiger partial charge on any atom is -0.325 e. The maximum absolute atomic E-state index is 12.5. The van der Waals surface area contributed by atoms with Gasteiger partial charge in [0.2, 0.25) is 0 Å². The van der Waals surface area contributed by atoms with Gasteiger partial charge in [0, 0.05) is 16.9 Å². The molecule has 0 saturated heterocycles. The van der Waals surface area contributed by atoms with Gasteiger partial charge in [0.15, 0.2) is 0 Å². The number of anilines is 1. The van der Waals surface area contributed by atoms with E-state index >= 15 is 0 Å². The molecule has 6 heteroatoms. The Morgan fingerprint density at radius 3 is 2.52 bits per heavy atom. The minimum absolute atomic E-state index is 0.0972. The van der Waals surface area contributed by atoms with Crippen LogP contribution in [0.1, 0.15) is 41.4 Å². The Hall–Kier alpha value is -3.25. The van der Waals surface area contributed by atoms with Crippen LogP contribution < -0.4 is 10.9 Å². The van der Waals surface area contributed by atoms with Gasteiger partial charge in [0.25, 0.3) is 11.5 Å². The lowest BCUT2D eigenvalue weighted by Crippen LogP contribution is -2.24. The van der Waals surface area contributed by atoms with Gasteiger partial charge < -0.3 is 10.3 Å². The summed E-state index contributed by atoms with van der Waals surface area (Å²) in [5.41, 5.74) is 4.33. The van der Waals surface area contributed by atoms with Crippen LogP contribution in [0.25, 0.3) is 20.8 Å². The first-order valence-electron chi connectivity index (χ1n) is 9.43. The van der Waals surface area contributed by atoms with E-state index < -0.39 is 5.91 Å². The summed E-state index contributed by atoms with van der Waals surface area (Å²) in [5.74, 6) is -0.233. The number of carbonyl (C=O) groups is 1. The van der Waals surface area contributed by atoms with Gasteiger partial charge in [-0.1, -0.05) is 19.9 Å². The molecule has 0 bridgehead atoms. The quantitative estimate of drug-likeness (QED) is 0.483. The number of thiazole rings is 1. The van der Waals surface area contributed by atoms with Gasteiger partial charge in [0.05, 0.1) is 10.2 Å². The highest BCUT2D eigenvalue weighted by Crippen LogP contribution is 2.31. The van der Waals surface area contributed by atoms with Crippen molar-refractivity contribution in [3.05, 3.63) is 81.8 Å². The van der Waals surface area contributed by atoms with Crippen molar-refractivity contribution in [2.75, 3.05) is 5.32 Å². The summed E-state index contributed by atoms with van der Waals surface area (Å²) in [6.45, 7) is 6.04. The van der Waals surface area contributed by atoms with Crippen LogP contribution in [0.4, 0.5) is 5.69 Å². The van der Waals surface area contributed by atoms with Gasteiger partial charge in [-0.3, -0.25) is 9.59 Å². The van der Waals surface area contributed by atoms with Crippen molar-refractivity contribution in [1.82, 2.24) is 9.97 Å². The molecule has 0 aliphatic rings. The molecule has 0 spiro atoms. The molecular weight excluding hydrogens is 382 g/mol. The van der Waals surface area contributed by atoms with Crippen LogP contribution in [0.3, 0.4) is 0 Å². The second kappa shape index (κ2) is 7.64. The summed E-state index contributed by atoms with van der Waals surface area (Å²) in [4.78, 5) is 32.1. The highest BCUT2D eigenvalue weighted by molar-refractivity contribution is 7.21. The van der Waals surface area contributed by atoms with Crippen molar-refractivity contribution >= 4 is 33.1 Å². The molecule has 0 aliphatic carbocycles. The number of pyridine rings is 1. The third-order valence-electron chi connectivity index (χ3n) is 4.73. The van der Waals surface area contributed by atoms with Gasteiger partial charge >= 0.3 is 0 Å². The number of aromatic amines is 1. The Morgan fingerprint density at radius 2 is 1.83 bits per heavy atom. The van der Waals surface area contributed by atoms with Crippen LogP contribution in [0.2, 0.25) is 0 Å². The molecule has 4 aromatic rings. The molecule has 4 rings (SSSR count). The number of aryl methyl sites for hydroxylation is 1. The molecule has 1 amide bonds. The van der Waals surface area contributed by atoms with E-state index in [1.807, 2.05) is 44.2 Å². The van der Waals surface area contributed by atoms with E-state index in [1.165, 1.54) is 5.56 Å². The number of nitrogens with one attached hydrogen (secondary N) is 2. The zero-order valence-corrected chi connectivity index (χ0v) is 17.3. The smallest absolute Gasteiger partial charge is 0.261 e. The second-order valence-corrected chi connectivity index (χ2v) is 8.36. The number of hydrogen-bond acceptors (Lipinski definition) is 4. The van der Waals surface area contributed by atoms with E-state index in [4.69, 9.17) is 0 Å². The molecule has 2 N–H and O–H groups in total. The number of H-pyrrole nitrogens is 1. The molecule has 146 valence electrons. The number of fused-ring (bicyclic) bond motifs is 1. The maximum Gasteiger partial charge on any atom is 0.261 e. The molecule has 0 radical (unpaired) electrons. The first-order chi connectivity index (χ1) is 13.9. The summed E-state index contributed by atoms with van der Waals surface area (Å²) < 4.78 is 1.15. The largest absolute Gasteiger partial charge is 0.325 e. The van der Waals surface area contributed by atoms with Gasteiger partial charge in [-0.05, 0) is 66.9 Å². The third-order valence-corrected chi connectivity index (χ3v) is 5.80. The fourth-order valence-electron chi connectivity index (χ4n) is 3.05. The lowest BCUT2D eigenvalue weighted by molar-refractivity contribution is 0.102. The van der Waals surface area contributed by atoms with Crippen LogP contribution in [-0.4, -0.2) is 15.9 Å². The second-order valence-electron chi connectivity index (χ2n) is 7.33. The van der Waals surface area contributed by atoms with Crippen molar-refractivity contribution in [2.24, 2.45) is 0 Å². The van der Waals surface area contributed by atoms with E-state index in [0.717, 1.165) is 26.5 Å².